The number of nitrogens with two attached hydrogens (primary N) is 1. The lowest BCUT2D eigenvalue weighted by Crippen LogP contribution is -2.28. The van der Waals surface area contributed by atoms with Crippen LogP contribution in [0.2, 0.25) is 0 Å². The number of aliphatic imine (C=N–C) groups is 1. The molecule has 1 aromatic heterocycles. The lowest BCUT2D eigenvalue weighted by Gasteiger charge is -2.17. The minimum absolute atomic E-state index is 0.00722. The van der Waals surface area contributed by atoms with Gasteiger partial charge in [0.15, 0.2) is 0 Å². The molecule has 2 aliphatic rings. The molecule has 1 saturated carbocycles. The number of hydrogen-bond donors (Lipinski definition) is 3. The molecule has 2 heterocycles. The Labute approximate surface area is 119 Å². The zero-order chi connectivity index (χ0) is 15.3. The van der Waals surface area contributed by atoms with Crippen molar-refractivity contribution in [3.63, 3.8) is 0 Å². The topological polar surface area (TPSA) is 78.0 Å². The van der Waals surface area contributed by atoms with Crippen molar-refractivity contribution in [3.05, 3.63) is 29.5 Å². The lowest BCUT2D eigenvalue weighted by molar-refractivity contribution is -0.161. The summed E-state index contributed by atoms with van der Waals surface area (Å²) in [6.45, 7) is 0. The molecule has 1 atom stereocenters. The third-order valence-electron chi connectivity index (χ3n) is 4.16. The summed E-state index contributed by atoms with van der Waals surface area (Å²) in [5, 5.41) is 7.53. The van der Waals surface area contributed by atoms with E-state index in [0.29, 0.717) is 17.8 Å². The summed E-state index contributed by atoms with van der Waals surface area (Å²) in [7, 11) is 0. The standard InChI is InChI=1S/C14H15F3N4/c15-14(16,17)13(3-4-13)10-7-9-6-8(11(18)19)2-1-5-20-12(9)21-10/h1-2,5,7-8,21H,3-4,6H2,(H3,18,19). The molecule has 0 aromatic carbocycles. The Morgan fingerprint density at radius 3 is 2.71 bits per heavy atom. The molecule has 1 unspecified atom stereocenters. The fourth-order valence-electron chi connectivity index (χ4n) is 2.67. The van der Waals surface area contributed by atoms with E-state index in [0.717, 1.165) is 0 Å². The second kappa shape index (κ2) is 4.47. The molecule has 3 rings (SSSR count). The first-order valence-electron chi connectivity index (χ1n) is 6.67. The van der Waals surface area contributed by atoms with Gasteiger partial charge in [-0.25, -0.2) is 4.99 Å². The summed E-state index contributed by atoms with van der Waals surface area (Å²) in [5.74, 6) is 0.100. The Hall–Kier alpha value is -2.05. The highest BCUT2D eigenvalue weighted by Crippen LogP contribution is 2.59. The van der Waals surface area contributed by atoms with Crippen molar-refractivity contribution in [2.45, 2.75) is 30.9 Å². The number of aromatic nitrogens is 1. The number of fused-ring (bicyclic) bond motifs is 1. The van der Waals surface area contributed by atoms with Crippen molar-refractivity contribution >= 4 is 17.9 Å². The van der Waals surface area contributed by atoms with Crippen LogP contribution in [-0.4, -0.2) is 23.2 Å². The number of aromatic amines is 1. The number of halogens is 3. The number of allylic oxidation sites excluding steroid dienone is 1. The van der Waals surface area contributed by atoms with Gasteiger partial charge < -0.3 is 10.7 Å². The van der Waals surface area contributed by atoms with E-state index in [-0.39, 0.29) is 30.3 Å². The van der Waals surface area contributed by atoms with E-state index in [2.05, 4.69) is 9.98 Å². The molecule has 0 saturated heterocycles. The number of nitrogens with zero attached hydrogens (tertiary/aromatic N) is 1. The van der Waals surface area contributed by atoms with Crippen LogP contribution in [0, 0.1) is 11.3 Å². The summed E-state index contributed by atoms with van der Waals surface area (Å²) in [5.41, 5.74) is 4.60. The second-order valence-corrected chi connectivity index (χ2v) is 5.57. The van der Waals surface area contributed by atoms with E-state index in [1.165, 1.54) is 12.3 Å². The monoisotopic (exact) mass is 296 g/mol. The minimum Gasteiger partial charge on any atom is -0.387 e. The van der Waals surface area contributed by atoms with Crippen LogP contribution in [-0.2, 0) is 11.8 Å². The molecular weight excluding hydrogens is 281 g/mol. The summed E-state index contributed by atoms with van der Waals surface area (Å²) in [4.78, 5) is 6.95. The van der Waals surface area contributed by atoms with Gasteiger partial charge in [0.05, 0.1) is 5.84 Å². The fourth-order valence-corrected chi connectivity index (χ4v) is 2.67. The van der Waals surface area contributed by atoms with Crippen molar-refractivity contribution in [1.29, 1.82) is 5.41 Å². The molecule has 4 N–H and O–H groups in total. The van der Waals surface area contributed by atoms with Crippen molar-refractivity contribution < 1.29 is 13.2 Å². The Balaban J connectivity index is 1.99. The highest BCUT2D eigenvalue weighted by atomic mass is 19.4. The molecule has 1 aromatic rings. The predicted octanol–water partition coefficient (Wildman–Crippen LogP) is 2.98. The number of amidine groups is 1. The molecule has 1 aliphatic carbocycles. The minimum atomic E-state index is -4.26. The van der Waals surface area contributed by atoms with Gasteiger partial charge in [0.25, 0.3) is 0 Å². The number of alkyl halides is 3. The third kappa shape index (κ3) is 2.26. The molecule has 7 heteroatoms. The van der Waals surface area contributed by atoms with Crippen LogP contribution in [0.4, 0.5) is 19.0 Å². The zero-order valence-corrected chi connectivity index (χ0v) is 11.2. The maximum Gasteiger partial charge on any atom is 0.399 e. The van der Waals surface area contributed by atoms with Crippen LogP contribution in [0.25, 0.3) is 0 Å². The summed E-state index contributed by atoms with van der Waals surface area (Å²) in [6, 6.07) is 1.53. The number of nitrogens with one attached hydrogen (secondary N) is 2. The van der Waals surface area contributed by atoms with Gasteiger partial charge in [-0.2, -0.15) is 13.2 Å². The summed E-state index contributed by atoms with van der Waals surface area (Å²) in [6.07, 6.45) is 1.23. The van der Waals surface area contributed by atoms with E-state index in [1.807, 2.05) is 0 Å². The van der Waals surface area contributed by atoms with Gasteiger partial charge in [-0.05, 0) is 37.0 Å². The van der Waals surface area contributed by atoms with Gasteiger partial charge >= 0.3 is 6.18 Å². The quantitative estimate of drug-likeness (QED) is 0.569. The normalized spacial score (nSPS) is 23.3. The van der Waals surface area contributed by atoms with Gasteiger partial charge in [0, 0.05) is 17.8 Å². The molecule has 21 heavy (non-hydrogen) atoms. The first kappa shape index (κ1) is 13.9. The first-order chi connectivity index (χ1) is 9.83. The van der Waals surface area contributed by atoms with Crippen molar-refractivity contribution in [3.8, 4) is 0 Å². The SMILES string of the molecule is N=C(N)C1C=CC=Nc2[nH]c(C3(C(F)(F)F)CC3)cc2C1. The van der Waals surface area contributed by atoms with Gasteiger partial charge in [-0.3, -0.25) is 5.41 Å². The highest BCUT2D eigenvalue weighted by Gasteiger charge is 2.65. The van der Waals surface area contributed by atoms with Crippen molar-refractivity contribution in [1.82, 2.24) is 4.98 Å². The Bertz CT molecular complexity index is 635. The molecule has 1 aliphatic heterocycles. The largest absolute Gasteiger partial charge is 0.399 e. The first-order valence-corrected chi connectivity index (χ1v) is 6.67. The maximum atomic E-state index is 13.2. The Morgan fingerprint density at radius 2 is 2.14 bits per heavy atom. The average Bonchev–Trinajstić information content (AvgIpc) is 3.08. The maximum absolute atomic E-state index is 13.2. The number of rotatable bonds is 2. The van der Waals surface area contributed by atoms with Crippen LogP contribution in [0.5, 0.6) is 0 Å². The molecular formula is C14H15F3N4. The van der Waals surface area contributed by atoms with Crippen LogP contribution in [0.1, 0.15) is 24.1 Å². The van der Waals surface area contributed by atoms with Gasteiger partial charge in [0.1, 0.15) is 11.2 Å². The van der Waals surface area contributed by atoms with Crippen LogP contribution >= 0.6 is 0 Å². The molecule has 0 spiro atoms. The van der Waals surface area contributed by atoms with Gasteiger partial charge in [0.2, 0.25) is 0 Å². The third-order valence-corrected chi connectivity index (χ3v) is 4.16. The predicted molar refractivity (Wildman–Crippen MR) is 74.2 cm³/mol. The van der Waals surface area contributed by atoms with E-state index in [9.17, 15) is 13.2 Å². The van der Waals surface area contributed by atoms with E-state index in [4.69, 9.17) is 11.1 Å². The second-order valence-electron chi connectivity index (χ2n) is 5.57. The van der Waals surface area contributed by atoms with Crippen LogP contribution in [0.3, 0.4) is 0 Å². The van der Waals surface area contributed by atoms with E-state index < -0.39 is 11.6 Å². The van der Waals surface area contributed by atoms with E-state index >= 15 is 0 Å². The Morgan fingerprint density at radius 1 is 1.43 bits per heavy atom. The van der Waals surface area contributed by atoms with Crippen molar-refractivity contribution in [2.24, 2.45) is 16.6 Å². The zero-order valence-electron chi connectivity index (χ0n) is 11.2. The fraction of sp³-hybridized carbons (Fsp3) is 0.429. The highest BCUT2D eigenvalue weighted by molar-refractivity contribution is 5.84. The van der Waals surface area contributed by atoms with E-state index in [1.54, 1.807) is 12.2 Å². The molecule has 1 fully saturated rings. The lowest BCUT2D eigenvalue weighted by atomic mass is 9.96. The van der Waals surface area contributed by atoms with Crippen molar-refractivity contribution in [2.75, 3.05) is 0 Å². The molecule has 0 amide bonds. The Kier molecular flexibility index (Phi) is 2.96. The number of H-pyrrole nitrogens is 1. The summed E-state index contributed by atoms with van der Waals surface area (Å²) >= 11 is 0. The molecule has 112 valence electrons. The molecule has 4 nitrogen and oxygen atoms in total. The average molecular weight is 296 g/mol. The molecule has 0 radical (unpaired) electrons. The van der Waals surface area contributed by atoms with Gasteiger partial charge in [-0.1, -0.05) is 6.08 Å². The van der Waals surface area contributed by atoms with Gasteiger partial charge in [-0.15, -0.1) is 0 Å². The molecule has 0 bridgehead atoms. The number of hydrogen-bond acceptors (Lipinski definition) is 2. The smallest absolute Gasteiger partial charge is 0.387 e. The van der Waals surface area contributed by atoms with Crippen LogP contribution in [0.15, 0.2) is 23.2 Å². The summed E-state index contributed by atoms with van der Waals surface area (Å²) < 4.78 is 39.6. The van der Waals surface area contributed by atoms with Crippen LogP contribution < -0.4 is 5.73 Å².